The number of rotatable bonds is 2. The van der Waals surface area contributed by atoms with Crippen LogP contribution in [0, 0.1) is 5.92 Å². The molecular formula is C14H28N2. The van der Waals surface area contributed by atoms with Gasteiger partial charge in [-0.05, 0) is 58.2 Å². The van der Waals surface area contributed by atoms with E-state index in [9.17, 15) is 0 Å². The molecular weight excluding hydrogens is 196 g/mol. The fraction of sp³-hybridized carbons (Fsp3) is 1.00. The summed E-state index contributed by atoms with van der Waals surface area (Å²) >= 11 is 0. The van der Waals surface area contributed by atoms with Gasteiger partial charge in [0.2, 0.25) is 0 Å². The minimum Gasteiger partial charge on any atom is -0.311 e. The average Bonchev–Trinajstić information content (AvgIpc) is 2.47. The van der Waals surface area contributed by atoms with Gasteiger partial charge in [-0.2, -0.15) is 0 Å². The zero-order valence-electron chi connectivity index (χ0n) is 11.0. The smallest absolute Gasteiger partial charge is 0.00939 e. The quantitative estimate of drug-likeness (QED) is 0.725. The molecule has 2 atom stereocenters. The van der Waals surface area contributed by atoms with Gasteiger partial charge in [0.1, 0.15) is 0 Å². The lowest BCUT2D eigenvalue weighted by Crippen LogP contribution is -2.45. The summed E-state index contributed by atoms with van der Waals surface area (Å²) in [6.07, 6.45) is 9.84. The molecule has 2 fully saturated rings. The molecule has 0 aromatic heterocycles. The van der Waals surface area contributed by atoms with Gasteiger partial charge < -0.3 is 10.2 Å². The Labute approximate surface area is 101 Å². The van der Waals surface area contributed by atoms with E-state index in [-0.39, 0.29) is 0 Å². The molecule has 1 saturated carbocycles. The molecule has 0 amide bonds. The summed E-state index contributed by atoms with van der Waals surface area (Å²) in [7, 11) is 2.24. The predicted molar refractivity (Wildman–Crippen MR) is 69.7 cm³/mol. The van der Waals surface area contributed by atoms with Crippen LogP contribution in [-0.2, 0) is 0 Å². The molecule has 1 N–H and O–H groups in total. The van der Waals surface area contributed by atoms with Crippen LogP contribution in [0.2, 0.25) is 0 Å². The van der Waals surface area contributed by atoms with Crippen molar-refractivity contribution in [1.29, 1.82) is 0 Å². The third-order valence-electron chi connectivity index (χ3n) is 4.45. The number of hydrogen-bond donors (Lipinski definition) is 1. The van der Waals surface area contributed by atoms with Crippen LogP contribution >= 0.6 is 0 Å². The van der Waals surface area contributed by atoms with Crippen LogP contribution in [0.25, 0.3) is 0 Å². The molecule has 2 heteroatoms. The standard InChI is InChI=1S/C14H28N2/c1-12-4-3-5-13(7-6-12)15-14-8-10-16(2)11-9-14/h12-15H,3-11H2,1-2H3. The van der Waals surface area contributed by atoms with E-state index < -0.39 is 0 Å². The predicted octanol–water partition coefficient (Wildman–Crippen LogP) is 2.64. The highest BCUT2D eigenvalue weighted by molar-refractivity contribution is 4.81. The van der Waals surface area contributed by atoms with Crippen molar-refractivity contribution in [2.75, 3.05) is 20.1 Å². The van der Waals surface area contributed by atoms with E-state index in [4.69, 9.17) is 0 Å². The van der Waals surface area contributed by atoms with E-state index in [0.717, 1.165) is 18.0 Å². The molecule has 0 spiro atoms. The topological polar surface area (TPSA) is 15.3 Å². The molecule has 2 unspecified atom stereocenters. The second kappa shape index (κ2) is 6.02. The van der Waals surface area contributed by atoms with Crippen LogP contribution < -0.4 is 5.32 Å². The third kappa shape index (κ3) is 3.74. The second-order valence-electron chi connectivity index (χ2n) is 6.05. The Kier molecular flexibility index (Phi) is 4.66. The molecule has 0 bridgehead atoms. The summed E-state index contributed by atoms with van der Waals surface area (Å²) < 4.78 is 0. The minimum absolute atomic E-state index is 0.801. The van der Waals surface area contributed by atoms with Crippen molar-refractivity contribution in [1.82, 2.24) is 10.2 Å². The Balaban J connectivity index is 1.72. The van der Waals surface area contributed by atoms with Crippen molar-refractivity contribution >= 4 is 0 Å². The SMILES string of the molecule is CC1CCCC(NC2CCN(C)CC2)CC1. The maximum atomic E-state index is 3.91. The maximum absolute atomic E-state index is 3.91. The minimum atomic E-state index is 0.801. The fourth-order valence-corrected chi connectivity index (χ4v) is 3.16. The van der Waals surface area contributed by atoms with Crippen LogP contribution in [0.15, 0.2) is 0 Å². The van der Waals surface area contributed by atoms with E-state index in [2.05, 4.69) is 24.2 Å². The Morgan fingerprint density at radius 2 is 1.56 bits per heavy atom. The van der Waals surface area contributed by atoms with Gasteiger partial charge in [0.15, 0.2) is 0 Å². The first kappa shape index (κ1) is 12.4. The van der Waals surface area contributed by atoms with Crippen molar-refractivity contribution in [3.05, 3.63) is 0 Å². The van der Waals surface area contributed by atoms with Crippen molar-refractivity contribution in [2.24, 2.45) is 5.92 Å². The van der Waals surface area contributed by atoms with Crippen LogP contribution in [0.4, 0.5) is 0 Å². The molecule has 16 heavy (non-hydrogen) atoms. The lowest BCUT2D eigenvalue weighted by Gasteiger charge is -2.32. The van der Waals surface area contributed by atoms with E-state index in [1.807, 2.05) is 0 Å². The van der Waals surface area contributed by atoms with Gasteiger partial charge in [-0.3, -0.25) is 0 Å². The summed E-state index contributed by atoms with van der Waals surface area (Å²) in [6, 6.07) is 1.62. The monoisotopic (exact) mass is 224 g/mol. The first-order chi connectivity index (χ1) is 7.74. The van der Waals surface area contributed by atoms with E-state index >= 15 is 0 Å². The molecule has 2 nitrogen and oxygen atoms in total. The van der Waals surface area contributed by atoms with Crippen LogP contribution in [0.1, 0.15) is 51.9 Å². The van der Waals surface area contributed by atoms with Crippen molar-refractivity contribution < 1.29 is 0 Å². The Hall–Kier alpha value is -0.0800. The average molecular weight is 224 g/mol. The highest BCUT2D eigenvalue weighted by Gasteiger charge is 2.21. The maximum Gasteiger partial charge on any atom is 0.00939 e. The molecule has 1 aliphatic heterocycles. The number of nitrogens with one attached hydrogen (secondary N) is 1. The van der Waals surface area contributed by atoms with Crippen LogP contribution in [0.3, 0.4) is 0 Å². The van der Waals surface area contributed by atoms with E-state index in [1.165, 1.54) is 58.0 Å². The molecule has 1 aliphatic carbocycles. The summed E-state index contributed by atoms with van der Waals surface area (Å²) in [5, 5.41) is 3.91. The van der Waals surface area contributed by atoms with Crippen molar-refractivity contribution in [3.63, 3.8) is 0 Å². The van der Waals surface area contributed by atoms with Gasteiger partial charge in [-0.15, -0.1) is 0 Å². The molecule has 2 rings (SSSR count). The number of nitrogens with zero attached hydrogens (tertiary/aromatic N) is 1. The lowest BCUT2D eigenvalue weighted by molar-refractivity contribution is 0.220. The zero-order valence-corrected chi connectivity index (χ0v) is 11.0. The van der Waals surface area contributed by atoms with Crippen molar-refractivity contribution in [3.8, 4) is 0 Å². The molecule has 0 aromatic carbocycles. The first-order valence-electron chi connectivity index (χ1n) is 7.18. The van der Waals surface area contributed by atoms with Gasteiger partial charge in [0.25, 0.3) is 0 Å². The summed E-state index contributed by atoms with van der Waals surface area (Å²) in [5.41, 5.74) is 0. The van der Waals surface area contributed by atoms with Gasteiger partial charge in [0.05, 0.1) is 0 Å². The Morgan fingerprint density at radius 1 is 0.875 bits per heavy atom. The molecule has 0 aromatic rings. The van der Waals surface area contributed by atoms with Crippen LogP contribution in [-0.4, -0.2) is 37.1 Å². The normalized spacial score (nSPS) is 34.9. The number of likely N-dealkylation sites (tertiary alicyclic amines) is 1. The Bertz CT molecular complexity index is 197. The summed E-state index contributed by atoms with van der Waals surface area (Å²) in [5.74, 6) is 0.962. The van der Waals surface area contributed by atoms with Gasteiger partial charge in [-0.1, -0.05) is 19.8 Å². The molecule has 0 radical (unpaired) electrons. The first-order valence-corrected chi connectivity index (χ1v) is 7.18. The van der Waals surface area contributed by atoms with E-state index in [1.54, 1.807) is 0 Å². The third-order valence-corrected chi connectivity index (χ3v) is 4.45. The van der Waals surface area contributed by atoms with Crippen molar-refractivity contribution in [2.45, 2.75) is 64.0 Å². The summed E-state index contributed by atoms with van der Waals surface area (Å²) in [6.45, 7) is 4.97. The Morgan fingerprint density at radius 3 is 2.31 bits per heavy atom. The summed E-state index contributed by atoms with van der Waals surface area (Å²) in [4.78, 5) is 2.45. The largest absolute Gasteiger partial charge is 0.311 e. The highest BCUT2D eigenvalue weighted by atomic mass is 15.1. The molecule has 2 aliphatic rings. The van der Waals surface area contributed by atoms with Crippen LogP contribution in [0.5, 0.6) is 0 Å². The van der Waals surface area contributed by atoms with Gasteiger partial charge >= 0.3 is 0 Å². The molecule has 1 heterocycles. The van der Waals surface area contributed by atoms with Gasteiger partial charge in [-0.25, -0.2) is 0 Å². The van der Waals surface area contributed by atoms with E-state index in [0.29, 0.717) is 0 Å². The fourth-order valence-electron chi connectivity index (χ4n) is 3.16. The number of hydrogen-bond acceptors (Lipinski definition) is 2. The molecule has 94 valence electrons. The highest BCUT2D eigenvalue weighted by Crippen LogP contribution is 2.23. The van der Waals surface area contributed by atoms with Gasteiger partial charge in [0, 0.05) is 12.1 Å². The lowest BCUT2D eigenvalue weighted by atomic mass is 10.0. The zero-order chi connectivity index (χ0) is 11.4. The number of piperidine rings is 1. The molecule has 1 saturated heterocycles. The second-order valence-corrected chi connectivity index (χ2v) is 6.05.